The van der Waals surface area contributed by atoms with Crippen molar-refractivity contribution in [2.75, 3.05) is 13.1 Å². The molecule has 1 saturated heterocycles. The fourth-order valence-corrected chi connectivity index (χ4v) is 3.43. The van der Waals surface area contributed by atoms with E-state index in [1.165, 1.54) is 0 Å². The van der Waals surface area contributed by atoms with Crippen LogP contribution in [-0.2, 0) is 0 Å². The van der Waals surface area contributed by atoms with E-state index in [-0.39, 0.29) is 12.2 Å². The van der Waals surface area contributed by atoms with Gasteiger partial charge in [-0.2, -0.15) is 0 Å². The quantitative estimate of drug-likeness (QED) is 0.897. The molecule has 1 unspecified atom stereocenters. The van der Waals surface area contributed by atoms with E-state index in [4.69, 9.17) is 21.1 Å². The number of hydrogen-bond acceptors (Lipinski definition) is 5. The van der Waals surface area contributed by atoms with Crippen LogP contribution in [0.5, 0.6) is 11.5 Å². The van der Waals surface area contributed by atoms with Crippen molar-refractivity contribution in [1.29, 1.82) is 0 Å². The third kappa shape index (κ3) is 3.37. The lowest BCUT2D eigenvalue weighted by Gasteiger charge is -2.29. The molecule has 118 valence electrons. The van der Waals surface area contributed by atoms with Gasteiger partial charge in [0.25, 0.3) is 0 Å². The molecule has 3 rings (SSSR count). The Morgan fingerprint density at radius 1 is 1.32 bits per heavy atom. The highest BCUT2D eigenvalue weighted by atomic mass is 35.5. The van der Waals surface area contributed by atoms with Gasteiger partial charge in [-0.25, -0.2) is 4.98 Å². The number of thiazole rings is 1. The summed E-state index contributed by atoms with van der Waals surface area (Å²) in [6.07, 6.45) is 0.109. The zero-order valence-corrected chi connectivity index (χ0v) is 14.4. The topological polar surface area (TPSA) is 43.4 Å². The lowest BCUT2D eigenvalue weighted by molar-refractivity contribution is 0.130. The standard InChI is InChI=1S/C16H19ClN2O2S/c1-9-16(22-11(3)19-9)10(2)20-14-5-4-12(17)6-15(14)21-13-7-18-8-13/h4-6,10,13,18H,7-8H2,1-3H3. The fourth-order valence-electron chi connectivity index (χ4n) is 2.36. The van der Waals surface area contributed by atoms with Crippen LogP contribution in [-0.4, -0.2) is 24.2 Å². The summed E-state index contributed by atoms with van der Waals surface area (Å²) in [5.41, 5.74) is 1.02. The van der Waals surface area contributed by atoms with Crippen LogP contribution in [0.3, 0.4) is 0 Å². The molecule has 0 amide bonds. The first-order valence-corrected chi connectivity index (χ1v) is 8.50. The van der Waals surface area contributed by atoms with Crippen molar-refractivity contribution in [2.24, 2.45) is 0 Å². The predicted octanol–water partition coefficient (Wildman–Crippen LogP) is 3.90. The lowest BCUT2D eigenvalue weighted by atomic mass is 10.2. The van der Waals surface area contributed by atoms with Crippen molar-refractivity contribution < 1.29 is 9.47 Å². The third-order valence-electron chi connectivity index (χ3n) is 3.56. The summed E-state index contributed by atoms with van der Waals surface area (Å²) < 4.78 is 12.1. The maximum absolute atomic E-state index is 6.12. The first-order chi connectivity index (χ1) is 10.5. The van der Waals surface area contributed by atoms with Crippen LogP contribution < -0.4 is 14.8 Å². The number of nitrogens with zero attached hydrogens (tertiary/aromatic N) is 1. The van der Waals surface area contributed by atoms with E-state index in [0.29, 0.717) is 16.5 Å². The number of rotatable bonds is 5. The second-order valence-electron chi connectivity index (χ2n) is 5.43. The molecule has 1 N–H and O–H groups in total. The molecule has 0 spiro atoms. The van der Waals surface area contributed by atoms with Gasteiger partial charge >= 0.3 is 0 Å². The molecule has 0 radical (unpaired) electrons. The van der Waals surface area contributed by atoms with Crippen LogP contribution >= 0.6 is 22.9 Å². The second kappa shape index (κ2) is 6.44. The summed E-state index contributed by atoms with van der Waals surface area (Å²) in [5.74, 6) is 1.42. The Morgan fingerprint density at radius 3 is 2.68 bits per heavy atom. The Hall–Kier alpha value is -1.30. The van der Waals surface area contributed by atoms with Gasteiger partial charge in [-0.15, -0.1) is 11.3 Å². The number of halogens is 1. The Bertz CT molecular complexity index is 670. The summed E-state index contributed by atoms with van der Waals surface area (Å²) in [5, 5.41) is 4.88. The van der Waals surface area contributed by atoms with Gasteiger partial charge in [0.2, 0.25) is 0 Å². The van der Waals surface area contributed by atoms with Gasteiger partial charge in [-0.05, 0) is 32.9 Å². The highest BCUT2D eigenvalue weighted by Gasteiger charge is 2.22. The number of benzene rings is 1. The molecule has 1 atom stereocenters. The van der Waals surface area contributed by atoms with Crippen LogP contribution in [0.25, 0.3) is 0 Å². The van der Waals surface area contributed by atoms with E-state index in [0.717, 1.165) is 28.7 Å². The van der Waals surface area contributed by atoms with Crippen LogP contribution in [0.15, 0.2) is 18.2 Å². The normalized spacial score (nSPS) is 16.2. The SMILES string of the molecule is Cc1nc(C)c(C(C)Oc2ccc(Cl)cc2OC2CNC2)s1. The molecule has 1 aromatic carbocycles. The number of aryl methyl sites for hydroxylation is 2. The van der Waals surface area contributed by atoms with Crippen LogP contribution in [0.2, 0.25) is 5.02 Å². The molecule has 1 aliphatic heterocycles. The summed E-state index contributed by atoms with van der Waals surface area (Å²) in [4.78, 5) is 5.60. The van der Waals surface area contributed by atoms with E-state index in [9.17, 15) is 0 Å². The molecule has 2 aromatic rings. The van der Waals surface area contributed by atoms with E-state index in [1.807, 2.05) is 39.0 Å². The smallest absolute Gasteiger partial charge is 0.163 e. The van der Waals surface area contributed by atoms with Gasteiger partial charge in [-0.1, -0.05) is 11.6 Å². The Morgan fingerprint density at radius 2 is 2.09 bits per heavy atom. The highest BCUT2D eigenvalue weighted by Crippen LogP contribution is 2.36. The minimum atomic E-state index is -0.0748. The summed E-state index contributed by atoms with van der Waals surface area (Å²) >= 11 is 7.75. The molecular weight excluding hydrogens is 320 g/mol. The van der Waals surface area contributed by atoms with E-state index in [1.54, 1.807) is 11.3 Å². The zero-order valence-electron chi connectivity index (χ0n) is 12.9. The van der Waals surface area contributed by atoms with Gasteiger partial charge < -0.3 is 14.8 Å². The molecule has 22 heavy (non-hydrogen) atoms. The number of hydrogen-bond donors (Lipinski definition) is 1. The molecule has 4 nitrogen and oxygen atoms in total. The first kappa shape index (κ1) is 15.6. The van der Waals surface area contributed by atoms with Gasteiger partial charge in [0.15, 0.2) is 11.5 Å². The number of ether oxygens (including phenoxy) is 2. The number of nitrogens with one attached hydrogen (secondary N) is 1. The summed E-state index contributed by atoms with van der Waals surface area (Å²) in [7, 11) is 0. The molecular formula is C16H19ClN2O2S. The molecule has 2 heterocycles. The molecule has 1 fully saturated rings. The summed E-state index contributed by atoms with van der Waals surface area (Å²) in [6.45, 7) is 7.76. The Balaban J connectivity index is 1.80. The van der Waals surface area contributed by atoms with Crippen molar-refractivity contribution in [2.45, 2.75) is 33.0 Å². The molecule has 0 saturated carbocycles. The molecule has 0 bridgehead atoms. The third-order valence-corrected chi connectivity index (χ3v) is 5.02. The molecule has 6 heteroatoms. The highest BCUT2D eigenvalue weighted by molar-refractivity contribution is 7.11. The Labute approximate surface area is 139 Å². The maximum Gasteiger partial charge on any atom is 0.163 e. The molecule has 1 aromatic heterocycles. The van der Waals surface area contributed by atoms with Crippen molar-refractivity contribution >= 4 is 22.9 Å². The van der Waals surface area contributed by atoms with E-state index < -0.39 is 0 Å². The zero-order chi connectivity index (χ0) is 15.7. The van der Waals surface area contributed by atoms with Crippen molar-refractivity contribution in [1.82, 2.24) is 10.3 Å². The fraction of sp³-hybridized carbons (Fsp3) is 0.438. The average Bonchev–Trinajstić information content (AvgIpc) is 2.76. The maximum atomic E-state index is 6.12. The first-order valence-electron chi connectivity index (χ1n) is 7.30. The molecule has 0 aliphatic carbocycles. The van der Waals surface area contributed by atoms with Gasteiger partial charge in [0.1, 0.15) is 12.2 Å². The summed E-state index contributed by atoms with van der Waals surface area (Å²) in [6, 6.07) is 5.50. The van der Waals surface area contributed by atoms with Crippen molar-refractivity contribution in [3.05, 3.63) is 38.8 Å². The number of aromatic nitrogens is 1. The minimum absolute atomic E-state index is 0.0748. The predicted molar refractivity (Wildman–Crippen MR) is 89.4 cm³/mol. The van der Waals surface area contributed by atoms with Crippen molar-refractivity contribution in [3.63, 3.8) is 0 Å². The second-order valence-corrected chi connectivity index (χ2v) is 7.10. The van der Waals surface area contributed by atoms with E-state index >= 15 is 0 Å². The minimum Gasteiger partial charge on any atom is -0.484 e. The Kier molecular flexibility index (Phi) is 4.57. The average molecular weight is 339 g/mol. The van der Waals surface area contributed by atoms with Gasteiger partial charge in [0, 0.05) is 24.2 Å². The van der Waals surface area contributed by atoms with Crippen LogP contribution in [0.1, 0.15) is 28.6 Å². The lowest BCUT2D eigenvalue weighted by Crippen LogP contribution is -2.50. The monoisotopic (exact) mass is 338 g/mol. The van der Waals surface area contributed by atoms with Crippen LogP contribution in [0, 0.1) is 13.8 Å². The molecule has 1 aliphatic rings. The van der Waals surface area contributed by atoms with E-state index in [2.05, 4.69) is 10.3 Å². The van der Waals surface area contributed by atoms with Crippen LogP contribution in [0.4, 0.5) is 0 Å². The largest absolute Gasteiger partial charge is 0.484 e. The van der Waals surface area contributed by atoms with Gasteiger partial charge in [-0.3, -0.25) is 0 Å². The van der Waals surface area contributed by atoms with Gasteiger partial charge in [0.05, 0.1) is 15.6 Å². The van der Waals surface area contributed by atoms with Crippen molar-refractivity contribution in [3.8, 4) is 11.5 Å².